The van der Waals surface area contributed by atoms with Crippen LogP contribution in [-0.4, -0.2) is 48.1 Å². The van der Waals surface area contributed by atoms with E-state index in [-0.39, 0.29) is 12.1 Å². The Morgan fingerprint density at radius 2 is 2.08 bits per heavy atom. The SMILES string of the molecule is CC(C)(O)CNc1cc(-n2ncc3cc(C#N)cnc32)ncc1C(=O)O. The number of hydrogen-bond donors (Lipinski definition) is 3. The van der Waals surface area contributed by atoms with Gasteiger partial charge in [-0.2, -0.15) is 15.0 Å². The van der Waals surface area contributed by atoms with Crippen molar-refractivity contribution in [2.45, 2.75) is 19.4 Å². The minimum atomic E-state index is -1.13. The molecule has 0 aliphatic rings. The number of fused-ring (bicyclic) bond motifs is 1. The molecule has 0 bridgehead atoms. The van der Waals surface area contributed by atoms with Crippen LogP contribution in [0.15, 0.2) is 30.7 Å². The van der Waals surface area contributed by atoms with Crippen LogP contribution < -0.4 is 5.32 Å². The number of rotatable bonds is 5. The van der Waals surface area contributed by atoms with E-state index in [0.29, 0.717) is 28.1 Å². The van der Waals surface area contributed by atoms with Crippen molar-refractivity contribution in [2.24, 2.45) is 0 Å². The van der Waals surface area contributed by atoms with E-state index in [0.717, 1.165) is 0 Å². The minimum absolute atomic E-state index is 0.0193. The quantitative estimate of drug-likeness (QED) is 0.629. The van der Waals surface area contributed by atoms with Crippen molar-refractivity contribution >= 4 is 22.7 Å². The lowest BCUT2D eigenvalue weighted by atomic mass is 10.1. The first kappa shape index (κ1) is 17.3. The van der Waals surface area contributed by atoms with Gasteiger partial charge in [-0.25, -0.2) is 14.8 Å². The fourth-order valence-electron chi connectivity index (χ4n) is 2.34. The number of hydrogen-bond acceptors (Lipinski definition) is 7. The molecular weight excluding hydrogens is 336 g/mol. The molecule has 0 saturated carbocycles. The molecule has 0 unspecified atom stereocenters. The van der Waals surface area contributed by atoms with Crippen LogP contribution in [0.1, 0.15) is 29.8 Å². The van der Waals surface area contributed by atoms with Crippen LogP contribution in [0.25, 0.3) is 16.9 Å². The number of nitrogens with zero attached hydrogens (tertiary/aromatic N) is 5. The molecule has 3 rings (SSSR count). The second-order valence-corrected chi connectivity index (χ2v) is 6.36. The number of carboxylic acid groups (broad SMARTS) is 1. The average molecular weight is 352 g/mol. The summed E-state index contributed by atoms with van der Waals surface area (Å²) in [6.45, 7) is 3.38. The van der Waals surface area contributed by atoms with Crippen molar-refractivity contribution in [3.63, 3.8) is 0 Å². The number of carbonyl (C=O) groups is 1. The highest BCUT2D eigenvalue weighted by molar-refractivity contribution is 5.94. The van der Waals surface area contributed by atoms with Crippen molar-refractivity contribution < 1.29 is 15.0 Å². The summed E-state index contributed by atoms with van der Waals surface area (Å²) in [5, 5.41) is 36.0. The summed E-state index contributed by atoms with van der Waals surface area (Å²) in [5.74, 6) is -0.773. The van der Waals surface area contributed by atoms with Gasteiger partial charge in [-0.3, -0.25) is 0 Å². The number of pyridine rings is 2. The fraction of sp³-hybridized carbons (Fsp3) is 0.235. The molecule has 0 aromatic carbocycles. The number of anilines is 1. The Kier molecular flexibility index (Phi) is 4.28. The lowest BCUT2D eigenvalue weighted by molar-refractivity contribution is 0.0695. The van der Waals surface area contributed by atoms with Crippen LogP contribution in [0, 0.1) is 11.3 Å². The van der Waals surface area contributed by atoms with E-state index in [9.17, 15) is 15.0 Å². The fourth-order valence-corrected chi connectivity index (χ4v) is 2.34. The van der Waals surface area contributed by atoms with E-state index in [4.69, 9.17) is 5.26 Å². The summed E-state index contributed by atoms with van der Waals surface area (Å²) in [6, 6.07) is 5.20. The number of nitrogens with one attached hydrogen (secondary N) is 1. The molecular formula is C17H16N6O3. The highest BCUT2D eigenvalue weighted by atomic mass is 16.4. The highest BCUT2D eigenvalue weighted by Gasteiger charge is 2.18. The Bertz CT molecular complexity index is 1030. The molecule has 0 fully saturated rings. The predicted octanol–water partition coefficient (Wildman–Crippen LogP) is 1.57. The first-order chi connectivity index (χ1) is 12.3. The molecule has 3 aromatic heterocycles. The Balaban J connectivity index is 2.06. The van der Waals surface area contributed by atoms with E-state index in [2.05, 4.69) is 20.4 Å². The zero-order valence-corrected chi connectivity index (χ0v) is 14.1. The first-order valence-corrected chi connectivity index (χ1v) is 7.72. The zero-order chi connectivity index (χ0) is 18.9. The summed E-state index contributed by atoms with van der Waals surface area (Å²) in [6.07, 6.45) is 4.21. The zero-order valence-electron chi connectivity index (χ0n) is 14.1. The second-order valence-electron chi connectivity index (χ2n) is 6.36. The molecule has 9 nitrogen and oxygen atoms in total. The van der Waals surface area contributed by atoms with Crippen molar-refractivity contribution in [1.82, 2.24) is 19.7 Å². The molecule has 3 aromatic rings. The van der Waals surface area contributed by atoms with E-state index in [1.165, 1.54) is 23.1 Å². The van der Waals surface area contributed by atoms with E-state index < -0.39 is 11.6 Å². The number of aromatic nitrogens is 4. The summed E-state index contributed by atoms with van der Waals surface area (Å²) in [7, 11) is 0. The molecule has 26 heavy (non-hydrogen) atoms. The summed E-state index contributed by atoms with van der Waals surface area (Å²) in [4.78, 5) is 19.8. The van der Waals surface area contributed by atoms with Crippen molar-refractivity contribution in [1.29, 1.82) is 5.26 Å². The molecule has 0 amide bonds. The minimum Gasteiger partial charge on any atom is -0.478 e. The van der Waals surface area contributed by atoms with Gasteiger partial charge < -0.3 is 15.5 Å². The molecule has 3 heterocycles. The van der Waals surface area contributed by atoms with Gasteiger partial charge in [0.25, 0.3) is 0 Å². The third-order valence-electron chi connectivity index (χ3n) is 3.59. The molecule has 0 radical (unpaired) electrons. The Hall–Kier alpha value is -3.51. The van der Waals surface area contributed by atoms with Gasteiger partial charge in [0.05, 0.1) is 23.0 Å². The van der Waals surface area contributed by atoms with Gasteiger partial charge in [0.2, 0.25) is 0 Å². The molecule has 132 valence electrons. The van der Waals surface area contributed by atoms with Crippen LogP contribution in [0.5, 0.6) is 0 Å². The van der Waals surface area contributed by atoms with Crippen LogP contribution in [0.2, 0.25) is 0 Å². The summed E-state index contributed by atoms with van der Waals surface area (Å²) < 4.78 is 1.46. The monoisotopic (exact) mass is 352 g/mol. The predicted molar refractivity (Wildman–Crippen MR) is 93.1 cm³/mol. The highest BCUT2D eigenvalue weighted by Crippen LogP contribution is 2.22. The van der Waals surface area contributed by atoms with Crippen molar-refractivity contribution in [3.05, 3.63) is 41.9 Å². The van der Waals surface area contributed by atoms with Gasteiger partial charge >= 0.3 is 5.97 Å². The molecule has 0 saturated heterocycles. The van der Waals surface area contributed by atoms with Gasteiger partial charge in [0.1, 0.15) is 11.6 Å². The van der Waals surface area contributed by atoms with Crippen LogP contribution in [-0.2, 0) is 0 Å². The Morgan fingerprint density at radius 3 is 2.73 bits per heavy atom. The van der Waals surface area contributed by atoms with E-state index >= 15 is 0 Å². The third-order valence-corrected chi connectivity index (χ3v) is 3.59. The largest absolute Gasteiger partial charge is 0.478 e. The number of nitriles is 1. The number of aromatic carboxylic acids is 1. The topological polar surface area (TPSA) is 137 Å². The standard InChI is InChI=1S/C17H16N6O3/c1-17(2,26)9-21-13-4-14(19-8-12(13)16(24)25)23-15-11(7-22-23)3-10(5-18)6-20-15/h3-4,6-8,26H,9H2,1-2H3,(H,19,21)(H,24,25). The Morgan fingerprint density at radius 1 is 1.31 bits per heavy atom. The summed E-state index contributed by atoms with van der Waals surface area (Å²) in [5.41, 5.74) is 0.176. The van der Waals surface area contributed by atoms with Crippen LogP contribution in [0.3, 0.4) is 0 Å². The lowest BCUT2D eigenvalue weighted by Crippen LogP contribution is -2.30. The molecule has 0 aliphatic heterocycles. The smallest absolute Gasteiger partial charge is 0.339 e. The van der Waals surface area contributed by atoms with Crippen LogP contribution >= 0.6 is 0 Å². The lowest BCUT2D eigenvalue weighted by Gasteiger charge is -2.19. The van der Waals surface area contributed by atoms with Gasteiger partial charge in [-0.15, -0.1) is 0 Å². The van der Waals surface area contributed by atoms with Crippen LogP contribution in [0.4, 0.5) is 5.69 Å². The van der Waals surface area contributed by atoms with Gasteiger partial charge in [-0.05, 0) is 19.9 Å². The van der Waals surface area contributed by atoms with E-state index in [1.54, 1.807) is 26.1 Å². The number of aliphatic hydroxyl groups is 1. The maximum absolute atomic E-state index is 11.4. The van der Waals surface area contributed by atoms with Gasteiger partial charge in [0, 0.05) is 30.4 Å². The summed E-state index contributed by atoms with van der Waals surface area (Å²) >= 11 is 0. The average Bonchev–Trinajstić information content (AvgIpc) is 3.01. The van der Waals surface area contributed by atoms with Crippen molar-refractivity contribution in [3.8, 4) is 11.9 Å². The van der Waals surface area contributed by atoms with Gasteiger partial charge in [-0.1, -0.05) is 0 Å². The molecule has 3 N–H and O–H groups in total. The molecule has 9 heteroatoms. The maximum Gasteiger partial charge on any atom is 0.339 e. The third kappa shape index (κ3) is 3.45. The Labute approximate surface area is 148 Å². The second kappa shape index (κ2) is 6.42. The number of carboxylic acids is 1. The first-order valence-electron chi connectivity index (χ1n) is 7.72. The molecule has 0 aliphatic carbocycles. The normalized spacial score (nSPS) is 11.3. The van der Waals surface area contributed by atoms with Gasteiger partial charge in [0.15, 0.2) is 11.5 Å². The van der Waals surface area contributed by atoms with Crippen molar-refractivity contribution in [2.75, 3.05) is 11.9 Å². The molecule has 0 spiro atoms. The maximum atomic E-state index is 11.4. The van der Waals surface area contributed by atoms with E-state index in [1.807, 2.05) is 6.07 Å². The molecule has 0 atom stereocenters.